The second-order valence-electron chi connectivity index (χ2n) is 1.57. The molecule has 0 unspecified atom stereocenters. The van der Waals surface area contributed by atoms with Crippen LogP contribution in [0.3, 0.4) is 0 Å². The fourth-order valence-corrected chi connectivity index (χ4v) is 0.916. The monoisotopic (exact) mass is 300 g/mol. The molecule has 0 aromatic rings. The zero-order chi connectivity index (χ0) is 10.9. The van der Waals surface area contributed by atoms with Crippen LogP contribution in [0, 0.1) is 0 Å². The number of carbonyl (C=O) groups excluding carboxylic acids is 2. The number of carbonyl (C=O) groups is 2. The van der Waals surface area contributed by atoms with Crippen molar-refractivity contribution in [2.24, 2.45) is 0 Å². The molecule has 0 saturated carbocycles. The van der Waals surface area contributed by atoms with Gasteiger partial charge in [-0.2, -0.15) is 0 Å². The van der Waals surface area contributed by atoms with Crippen LogP contribution in [0.2, 0.25) is 0 Å². The zero-order valence-electron chi connectivity index (χ0n) is 5.40. The van der Waals surface area contributed by atoms with Crippen LogP contribution in [-0.4, -0.2) is 20.9 Å². The SMILES string of the molecule is O=[C]([Pd][C](=O)C(F)(F)F)C(F)(F)F. The van der Waals surface area contributed by atoms with E-state index in [-0.39, 0.29) is 0 Å². The molecule has 0 heterocycles. The van der Waals surface area contributed by atoms with Gasteiger partial charge in [0.05, 0.1) is 0 Å². The van der Waals surface area contributed by atoms with E-state index in [0.717, 1.165) is 0 Å². The van der Waals surface area contributed by atoms with E-state index in [1.165, 1.54) is 0 Å². The van der Waals surface area contributed by atoms with E-state index < -0.39 is 38.8 Å². The van der Waals surface area contributed by atoms with Crippen molar-refractivity contribution < 1.29 is 53.9 Å². The van der Waals surface area contributed by atoms with Gasteiger partial charge in [-0.05, 0) is 0 Å². The molecule has 13 heavy (non-hydrogen) atoms. The van der Waals surface area contributed by atoms with Gasteiger partial charge < -0.3 is 0 Å². The normalized spacial score (nSPS) is 13.1. The van der Waals surface area contributed by atoms with Gasteiger partial charge in [0, 0.05) is 0 Å². The van der Waals surface area contributed by atoms with Gasteiger partial charge in [-0.15, -0.1) is 0 Å². The van der Waals surface area contributed by atoms with Crippen LogP contribution < -0.4 is 0 Å². The first-order valence-corrected chi connectivity index (χ1v) is 3.91. The quantitative estimate of drug-likeness (QED) is 0.568. The molecule has 0 aliphatic carbocycles. The van der Waals surface area contributed by atoms with Crippen molar-refractivity contribution in [3.8, 4) is 0 Å². The van der Waals surface area contributed by atoms with E-state index in [0.29, 0.717) is 0 Å². The van der Waals surface area contributed by atoms with E-state index in [1.54, 1.807) is 0 Å². The Morgan fingerprint density at radius 3 is 1.15 bits per heavy atom. The molecule has 0 spiro atoms. The summed E-state index contributed by atoms with van der Waals surface area (Å²) in [6, 6.07) is 0. The summed E-state index contributed by atoms with van der Waals surface area (Å²) in [6.45, 7) is 0. The molecule has 0 amide bonds. The summed E-state index contributed by atoms with van der Waals surface area (Å²) in [5.41, 5.74) is 0. The molecule has 0 saturated heterocycles. The fourth-order valence-electron chi connectivity index (χ4n) is 0.155. The van der Waals surface area contributed by atoms with Crippen molar-refractivity contribution in [1.29, 1.82) is 0 Å². The Kier molecular flexibility index (Phi) is 3.64. The van der Waals surface area contributed by atoms with Gasteiger partial charge in [0.25, 0.3) is 0 Å². The number of rotatable bonds is 2. The van der Waals surface area contributed by atoms with Gasteiger partial charge in [0.1, 0.15) is 0 Å². The van der Waals surface area contributed by atoms with Gasteiger partial charge in [-0.1, -0.05) is 0 Å². The molecule has 0 rings (SSSR count). The van der Waals surface area contributed by atoms with Crippen molar-refractivity contribution in [2.45, 2.75) is 12.4 Å². The van der Waals surface area contributed by atoms with Gasteiger partial charge in [0.2, 0.25) is 0 Å². The fraction of sp³-hybridized carbons (Fsp3) is 0.500. The van der Waals surface area contributed by atoms with Crippen LogP contribution >= 0.6 is 0 Å². The average molecular weight is 300 g/mol. The Labute approximate surface area is 75.4 Å². The Morgan fingerprint density at radius 2 is 1.00 bits per heavy atom. The molecule has 9 heteroatoms. The summed E-state index contributed by atoms with van der Waals surface area (Å²) in [5.74, 6) is 0. The summed E-state index contributed by atoms with van der Waals surface area (Å²) >= 11 is -2.65. The van der Waals surface area contributed by atoms with Crippen LogP contribution in [-0.2, 0) is 27.6 Å². The third kappa shape index (κ3) is 4.38. The van der Waals surface area contributed by atoms with E-state index in [2.05, 4.69) is 0 Å². The third-order valence-electron chi connectivity index (χ3n) is 0.554. The zero-order valence-corrected chi connectivity index (χ0v) is 6.96. The molecule has 0 aromatic heterocycles. The first-order valence-electron chi connectivity index (χ1n) is 2.36. The minimum absolute atomic E-state index is 2.65. The molecule has 0 aromatic carbocycles. The maximum atomic E-state index is 11.3. The van der Waals surface area contributed by atoms with Crippen LogP contribution in [0.4, 0.5) is 26.3 Å². The van der Waals surface area contributed by atoms with Gasteiger partial charge >= 0.3 is 74.8 Å². The number of hydrogen-bond acceptors (Lipinski definition) is 2. The van der Waals surface area contributed by atoms with Crippen molar-refractivity contribution >= 4 is 8.51 Å². The van der Waals surface area contributed by atoms with Crippen LogP contribution in [0.25, 0.3) is 0 Å². The van der Waals surface area contributed by atoms with Gasteiger partial charge in [-0.25, -0.2) is 0 Å². The minimum atomic E-state index is -5.38. The Bertz CT molecular complexity index is 204. The molecule has 0 atom stereocenters. The van der Waals surface area contributed by atoms with Crippen LogP contribution in [0.5, 0.6) is 0 Å². The molecule has 0 radical (unpaired) electrons. The molecule has 0 bridgehead atoms. The molecule has 80 valence electrons. The second kappa shape index (κ2) is 3.76. The van der Waals surface area contributed by atoms with Crippen molar-refractivity contribution in [3.63, 3.8) is 0 Å². The Morgan fingerprint density at radius 1 is 0.769 bits per heavy atom. The summed E-state index contributed by atoms with van der Waals surface area (Å²) in [5, 5.41) is 0. The summed E-state index contributed by atoms with van der Waals surface area (Å²) in [6.07, 6.45) is -10.8. The summed E-state index contributed by atoms with van der Waals surface area (Å²) in [4.78, 5) is 19.8. The molecular formula is C4F6O2Pd. The summed E-state index contributed by atoms with van der Waals surface area (Å²) in [7, 11) is 0. The molecule has 2 nitrogen and oxygen atoms in total. The van der Waals surface area contributed by atoms with E-state index >= 15 is 0 Å². The van der Waals surface area contributed by atoms with Crippen molar-refractivity contribution in [2.75, 3.05) is 0 Å². The summed E-state index contributed by atoms with van der Waals surface area (Å²) < 4.78 is 62.7. The molecule has 0 aliphatic heterocycles. The predicted molar refractivity (Wildman–Crippen MR) is 22.1 cm³/mol. The second-order valence-corrected chi connectivity index (χ2v) is 3.37. The maximum absolute atomic E-state index is 11.3. The topological polar surface area (TPSA) is 34.1 Å². The Hall–Kier alpha value is -0.418. The van der Waals surface area contributed by atoms with Crippen molar-refractivity contribution in [1.82, 2.24) is 0 Å². The first-order chi connectivity index (χ1) is 5.55. The number of alkyl halides is 6. The number of halogens is 6. The van der Waals surface area contributed by atoms with E-state index in [9.17, 15) is 35.9 Å². The van der Waals surface area contributed by atoms with E-state index in [4.69, 9.17) is 0 Å². The first kappa shape index (κ1) is 12.6. The average Bonchev–Trinajstić information content (AvgIpc) is 1.82. The van der Waals surface area contributed by atoms with Crippen molar-refractivity contribution in [3.05, 3.63) is 0 Å². The number of hydrogen-bond donors (Lipinski definition) is 0. The Balaban J connectivity index is 4.34. The van der Waals surface area contributed by atoms with Crippen LogP contribution in [0.1, 0.15) is 0 Å². The molecule has 0 N–H and O–H groups in total. The molecular weight excluding hydrogens is 300 g/mol. The van der Waals surface area contributed by atoms with Crippen LogP contribution in [0.15, 0.2) is 0 Å². The van der Waals surface area contributed by atoms with E-state index in [1.807, 2.05) is 0 Å². The standard InChI is InChI=1S/2C2F3O.Pd/c2*3-2(4,5)1-6;. The molecule has 0 aliphatic rings. The molecule has 0 fully saturated rings. The van der Waals surface area contributed by atoms with Gasteiger partial charge in [-0.3, -0.25) is 0 Å². The van der Waals surface area contributed by atoms with Gasteiger partial charge in [0.15, 0.2) is 0 Å². The third-order valence-corrected chi connectivity index (χ3v) is 2.14. The predicted octanol–water partition coefficient (Wildman–Crippen LogP) is 1.25.